The fourth-order valence-electron chi connectivity index (χ4n) is 3.98. The van der Waals surface area contributed by atoms with Gasteiger partial charge in [-0.3, -0.25) is 9.69 Å². The molecule has 3 rings (SSSR count). The van der Waals surface area contributed by atoms with Crippen molar-refractivity contribution in [2.45, 2.75) is 32.2 Å². The van der Waals surface area contributed by atoms with Crippen molar-refractivity contribution >= 4 is 16.1 Å². The molecule has 1 aromatic rings. The lowest BCUT2D eigenvalue weighted by molar-refractivity contribution is -0.126. The molecule has 1 saturated heterocycles. The van der Waals surface area contributed by atoms with E-state index in [9.17, 15) is 13.2 Å². The minimum atomic E-state index is -3.37. The predicted molar refractivity (Wildman–Crippen MR) is 110 cm³/mol. The van der Waals surface area contributed by atoms with Crippen molar-refractivity contribution in [1.82, 2.24) is 18.8 Å². The summed E-state index contributed by atoms with van der Waals surface area (Å²) in [7, 11) is -0.301. The van der Waals surface area contributed by atoms with E-state index in [1.165, 1.54) is 33.8 Å². The Morgan fingerprint density at radius 3 is 2.50 bits per heavy atom. The maximum atomic E-state index is 12.4. The van der Waals surface area contributed by atoms with E-state index in [0.29, 0.717) is 32.5 Å². The van der Waals surface area contributed by atoms with Crippen LogP contribution in [0.3, 0.4) is 0 Å². The first-order chi connectivity index (χ1) is 13.4. The van der Waals surface area contributed by atoms with Crippen molar-refractivity contribution in [3.8, 4) is 0 Å². The van der Waals surface area contributed by atoms with Gasteiger partial charge in [0.05, 0.1) is 0 Å². The molecule has 8 heteroatoms. The largest absolute Gasteiger partial charge is 0.356 e. The molecule has 1 N–H and O–H groups in total. The highest BCUT2D eigenvalue weighted by molar-refractivity contribution is 7.86. The average molecular weight is 409 g/mol. The first kappa shape index (κ1) is 21.2. The highest BCUT2D eigenvalue weighted by atomic mass is 32.2. The summed E-state index contributed by atoms with van der Waals surface area (Å²) < 4.78 is 27.0. The van der Waals surface area contributed by atoms with Gasteiger partial charge in [-0.05, 0) is 36.8 Å². The fraction of sp³-hybridized carbons (Fsp3) is 0.650. The summed E-state index contributed by atoms with van der Waals surface area (Å²) in [5.41, 5.74) is 2.87. The first-order valence-electron chi connectivity index (χ1n) is 10.1. The molecule has 28 heavy (non-hydrogen) atoms. The summed E-state index contributed by atoms with van der Waals surface area (Å²) in [4.78, 5) is 14.8. The third kappa shape index (κ3) is 5.11. The summed E-state index contributed by atoms with van der Waals surface area (Å²) in [6, 6.07) is 8.61. The highest BCUT2D eigenvalue weighted by Gasteiger charge is 2.32. The molecule has 1 amide bonds. The zero-order valence-electron chi connectivity index (χ0n) is 16.9. The third-order valence-corrected chi connectivity index (χ3v) is 7.71. The quantitative estimate of drug-likeness (QED) is 0.685. The van der Waals surface area contributed by atoms with Crippen molar-refractivity contribution in [3.63, 3.8) is 0 Å². The monoisotopic (exact) mass is 408 g/mol. The van der Waals surface area contributed by atoms with E-state index in [1.54, 1.807) is 0 Å². The van der Waals surface area contributed by atoms with Crippen LogP contribution in [0.2, 0.25) is 0 Å². The molecule has 0 aromatic heterocycles. The number of hydrogen-bond donors (Lipinski definition) is 1. The predicted octanol–water partition coefficient (Wildman–Crippen LogP) is 1.07. The van der Waals surface area contributed by atoms with Gasteiger partial charge in [-0.2, -0.15) is 17.0 Å². The van der Waals surface area contributed by atoms with Gasteiger partial charge in [0.15, 0.2) is 0 Å². The lowest BCUT2D eigenvalue weighted by Crippen LogP contribution is -2.47. The van der Waals surface area contributed by atoms with Gasteiger partial charge in [0.1, 0.15) is 0 Å². The molecule has 0 saturated carbocycles. The molecular formula is C20H32N4O3S. The molecule has 0 radical (unpaired) electrons. The molecule has 1 aromatic carbocycles. The van der Waals surface area contributed by atoms with Crippen molar-refractivity contribution in [2.24, 2.45) is 5.92 Å². The standard InChI is InChI=1S/C20H32N4O3S/c1-22(2)28(26,27)24-14-9-18(10-15-24)20(25)21-11-5-12-23-13-8-17-6-3-4-7-19(17)16-23/h3-4,6-7,18H,5,8-16H2,1-2H3,(H,21,25). The minimum absolute atomic E-state index is 0.0610. The Labute approximate surface area is 168 Å². The number of carbonyl (C=O) groups is 1. The highest BCUT2D eigenvalue weighted by Crippen LogP contribution is 2.21. The Bertz CT molecular complexity index is 773. The van der Waals surface area contributed by atoms with E-state index in [2.05, 4.69) is 34.5 Å². The Morgan fingerprint density at radius 1 is 1.14 bits per heavy atom. The van der Waals surface area contributed by atoms with E-state index >= 15 is 0 Å². The number of carbonyl (C=O) groups excluding carboxylic acids is 1. The number of fused-ring (bicyclic) bond motifs is 1. The molecule has 2 aliphatic heterocycles. The molecule has 0 atom stereocenters. The van der Waals surface area contributed by atoms with Crippen LogP contribution in [0.1, 0.15) is 30.4 Å². The molecule has 7 nitrogen and oxygen atoms in total. The van der Waals surface area contributed by atoms with E-state index in [4.69, 9.17) is 0 Å². The van der Waals surface area contributed by atoms with Gasteiger partial charge < -0.3 is 5.32 Å². The van der Waals surface area contributed by atoms with E-state index in [0.717, 1.165) is 32.5 Å². The number of hydrogen-bond acceptors (Lipinski definition) is 4. The fourth-order valence-corrected chi connectivity index (χ4v) is 5.12. The van der Waals surface area contributed by atoms with Crippen LogP contribution in [-0.2, 0) is 28.0 Å². The van der Waals surface area contributed by atoms with E-state index in [-0.39, 0.29) is 11.8 Å². The molecule has 0 bridgehead atoms. The smallest absolute Gasteiger partial charge is 0.281 e. The molecule has 0 spiro atoms. The van der Waals surface area contributed by atoms with E-state index in [1.807, 2.05) is 0 Å². The first-order valence-corrected chi connectivity index (χ1v) is 11.5. The van der Waals surface area contributed by atoms with Crippen LogP contribution in [-0.4, -0.2) is 74.7 Å². The zero-order valence-corrected chi connectivity index (χ0v) is 17.7. The van der Waals surface area contributed by atoms with Crippen LogP contribution in [0.25, 0.3) is 0 Å². The van der Waals surface area contributed by atoms with Crippen LogP contribution in [0.15, 0.2) is 24.3 Å². The van der Waals surface area contributed by atoms with Crippen LogP contribution >= 0.6 is 0 Å². The maximum Gasteiger partial charge on any atom is 0.281 e. The van der Waals surface area contributed by atoms with Gasteiger partial charge in [-0.25, -0.2) is 0 Å². The van der Waals surface area contributed by atoms with Gasteiger partial charge >= 0.3 is 0 Å². The van der Waals surface area contributed by atoms with E-state index < -0.39 is 10.2 Å². The van der Waals surface area contributed by atoms with Gasteiger partial charge in [0, 0.05) is 59.3 Å². The minimum Gasteiger partial charge on any atom is -0.356 e. The maximum absolute atomic E-state index is 12.4. The number of piperidine rings is 1. The molecule has 156 valence electrons. The van der Waals surface area contributed by atoms with Crippen LogP contribution in [0, 0.1) is 5.92 Å². The SMILES string of the molecule is CN(C)S(=O)(=O)N1CCC(C(=O)NCCCN2CCc3ccccc3C2)CC1. The summed E-state index contributed by atoms with van der Waals surface area (Å²) in [6.45, 7) is 4.53. The van der Waals surface area contributed by atoms with Crippen LogP contribution < -0.4 is 5.32 Å². The number of benzene rings is 1. The molecule has 0 unspecified atom stereocenters. The topological polar surface area (TPSA) is 73.0 Å². The van der Waals surface area contributed by atoms with Crippen molar-refractivity contribution in [3.05, 3.63) is 35.4 Å². The molecule has 2 heterocycles. The van der Waals surface area contributed by atoms with Crippen LogP contribution in [0.5, 0.6) is 0 Å². The number of rotatable bonds is 7. The second kappa shape index (κ2) is 9.35. The molecular weight excluding hydrogens is 376 g/mol. The van der Waals surface area contributed by atoms with Gasteiger partial charge in [-0.1, -0.05) is 24.3 Å². The van der Waals surface area contributed by atoms with Crippen LogP contribution in [0.4, 0.5) is 0 Å². The second-order valence-electron chi connectivity index (χ2n) is 7.90. The second-order valence-corrected chi connectivity index (χ2v) is 10.0. The van der Waals surface area contributed by atoms with Crippen molar-refractivity contribution < 1.29 is 13.2 Å². The van der Waals surface area contributed by atoms with Crippen molar-refractivity contribution in [1.29, 1.82) is 0 Å². The Kier molecular flexibility index (Phi) is 7.09. The zero-order chi connectivity index (χ0) is 20.1. The van der Waals surface area contributed by atoms with Gasteiger partial charge in [-0.15, -0.1) is 0 Å². The summed E-state index contributed by atoms with van der Waals surface area (Å²) in [5, 5.41) is 3.04. The summed E-state index contributed by atoms with van der Waals surface area (Å²) in [6.07, 6.45) is 3.20. The number of amides is 1. The van der Waals surface area contributed by atoms with Gasteiger partial charge in [0.2, 0.25) is 5.91 Å². The molecule has 0 aliphatic carbocycles. The Morgan fingerprint density at radius 2 is 1.82 bits per heavy atom. The lowest BCUT2D eigenvalue weighted by Gasteiger charge is -2.32. The number of nitrogens with zero attached hydrogens (tertiary/aromatic N) is 3. The summed E-state index contributed by atoms with van der Waals surface area (Å²) in [5.74, 6) is -0.0265. The molecule has 1 fully saturated rings. The normalized spacial score (nSPS) is 19.5. The Balaban J connectivity index is 1.35. The van der Waals surface area contributed by atoms with Crippen molar-refractivity contribution in [2.75, 3.05) is 46.8 Å². The molecule has 2 aliphatic rings. The third-order valence-electron chi connectivity index (χ3n) is 5.77. The summed E-state index contributed by atoms with van der Waals surface area (Å²) >= 11 is 0. The average Bonchev–Trinajstić information content (AvgIpc) is 2.71. The van der Waals surface area contributed by atoms with Gasteiger partial charge in [0.25, 0.3) is 10.2 Å². The number of nitrogens with one attached hydrogen (secondary N) is 1. The lowest BCUT2D eigenvalue weighted by atomic mass is 9.97. The Hall–Kier alpha value is -1.48.